The highest BCUT2D eigenvalue weighted by Crippen LogP contribution is 2.37. The molecule has 0 N–H and O–H groups in total. The first-order valence-electron chi connectivity index (χ1n) is 6.16. The van der Waals surface area contributed by atoms with E-state index in [0.29, 0.717) is 11.3 Å². The van der Waals surface area contributed by atoms with Crippen molar-refractivity contribution in [3.63, 3.8) is 0 Å². The van der Waals surface area contributed by atoms with E-state index in [1.807, 2.05) is 0 Å². The first kappa shape index (κ1) is 14.6. The number of aromatic nitrogens is 3. The van der Waals surface area contributed by atoms with Gasteiger partial charge in [-0.05, 0) is 30.3 Å². The molecule has 2 aromatic heterocycles. The molecule has 0 fully saturated rings. The molecular formula is C14H9ClF3N3O. The molecule has 0 aliphatic carbocycles. The van der Waals surface area contributed by atoms with Crippen LogP contribution in [-0.2, 0) is 6.18 Å². The van der Waals surface area contributed by atoms with E-state index in [1.54, 1.807) is 12.1 Å². The van der Waals surface area contributed by atoms with Gasteiger partial charge in [-0.25, -0.2) is 9.50 Å². The van der Waals surface area contributed by atoms with Gasteiger partial charge in [0.05, 0.1) is 24.6 Å². The average Bonchev–Trinajstić information content (AvgIpc) is 2.88. The van der Waals surface area contributed by atoms with Crippen LogP contribution in [0.25, 0.3) is 16.9 Å². The molecule has 0 atom stereocenters. The Bertz CT molecular complexity index is 845. The number of imidazole rings is 1. The topological polar surface area (TPSA) is 39.4 Å². The second kappa shape index (κ2) is 5.17. The van der Waals surface area contributed by atoms with Gasteiger partial charge in [-0.2, -0.15) is 18.3 Å². The number of hydrogen-bond donors (Lipinski definition) is 0. The second-order valence-electron chi connectivity index (χ2n) is 4.48. The third kappa shape index (κ3) is 2.48. The summed E-state index contributed by atoms with van der Waals surface area (Å²) in [6, 6.07) is 6.41. The molecule has 0 amide bonds. The van der Waals surface area contributed by atoms with Crippen molar-refractivity contribution in [2.24, 2.45) is 0 Å². The molecule has 0 radical (unpaired) electrons. The summed E-state index contributed by atoms with van der Waals surface area (Å²) in [5, 5.41) is 4.27. The van der Waals surface area contributed by atoms with Crippen LogP contribution in [0, 0.1) is 0 Å². The molecule has 8 heteroatoms. The summed E-state index contributed by atoms with van der Waals surface area (Å²) in [5.74, 6) is 0.288. The Kier molecular flexibility index (Phi) is 3.44. The molecule has 0 aliphatic heterocycles. The van der Waals surface area contributed by atoms with E-state index in [-0.39, 0.29) is 16.5 Å². The van der Waals surface area contributed by atoms with Crippen molar-refractivity contribution in [1.29, 1.82) is 0 Å². The van der Waals surface area contributed by atoms with Crippen LogP contribution in [0.1, 0.15) is 5.56 Å². The van der Waals surface area contributed by atoms with Crippen molar-refractivity contribution in [2.75, 3.05) is 7.11 Å². The minimum atomic E-state index is -4.45. The number of rotatable bonds is 2. The molecule has 0 unspecified atom stereocenters. The summed E-state index contributed by atoms with van der Waals surface area (Å²) >= 11 is 5.84. The van der Waals surface area contributed by atoms with E-state index >= 15 is 0 Å². The number of fused-ring (bicyclic) bond motifs is 1. The SMILES string of the molecule is COc1ccc(C(F)(F)F)cc1-c1cnc2ccc(Cl)nn12. The molecule has 0 aliphatic rings. The Balaban J connectivity index is 2.26. The van der Waals surface area contributed by atoms with E-state index < -0.39 is 11.7 Å². The maximum Gasteiger partial charge on any atom is 0.416 e. The monoisotopic (exact) mass is 327 g/mol. The van der Waals surface area contributed by atoms with Crippen LogP contribution < -0.4 is 4.74 Å². The number of benzene rings is 1. The molecular weight excluding hydrogens is 319 g/mol. The lowest BCUT2D eigenvalue weighted by atomic mass is 10.1. The molecule has 0 saturated heterocycles. The minimum Gasteiger partial charge on any atom is -0.496 e. The van der Waals surface area contributed by atoms with E-state index in [2.05, 4.69) is 10.1 Å². The highest BCUT2D eigenvalue weighted by atomic mass is 35.5. The first-order chi connectivity index (χ1) is 10.4. The van der Waals surface area contributed by atoms with Gasteiger partial charge in [0, 0.05) is 5.56 Å². The van der Waals surface area contributed by atoms with Crippen molar-refractivity contribution >= 4 is 17.2 Å². The molecule has 0 spiro atoms. The van der Waals surface area contributed by atoms with Gasteiger partial charge in [0.2, 0.25) is 0 Å². The van der Waals surface area contributed by atoms with Crippen LogP contribution in [0.3, 0.4) is 0 Å². The minimum absolute atomic E-state index is 0.206. The van der Waals surface area contributed by atoms with Gasteiger partial charge >= 0.3 is 6.18 Å². The van der Waals surface area contributed by atoms with Gasteiger partial charge in [-0.1, -0.05) is 11.6 Å². The van der Waals surface area contributed by atoms with Gasteiger partial charge < -0.3 is 4.74 Å². The average molecular weight is 328 g/mol. The Labute approximate surface area is 128 Å². The molecule has 0 saturated carbocycles. The number of halogens is 4. The van der Waals surface area contributed by atoms with Crippen molar-refractivity contribution < 1.29 is 17.9 Å². The maximum atomic E-state index is 12.9. The lowest BCUT2D eigenvalue weighted by Crippen LogP contribution is -2.06. The van der Waals surface area contributed by atoms with Crippen LogP contribution in [-0.4, -0.2) is 21.7 Å². The summed E-state index contributed by atoms with van der Waals surface area (Å²) in [7, 11) is 1.38. The van der Waals surface area contributed by atoms with Crippen LogP contribution >= 0.6 is 11.6 Å². The summed E-state index contributed by atoms with van der Waals surface area (Å²) in [4.78, 5) is 4.11. The Morgan fingerprint density at radius 1 is 1.18 bits per heavy atom. The predicted molar refractivity (Wildman–Crippen MR) is 75.0 cm³/mol. The quantitative estimate of drug-likeness (QED) is 0.712. The molecule has 4 nitrogen and oxygen atoms in total. The number of ether oxygens (including phenoxy) is 1. The summed E-state index contributed by atoms with van der Waals surface area (Å²) < 4.78 is 45.3. The lowest BCUT2D eigenvalue weighted by molar-refractivity contribution is -0.137. The van der Waals surface area contributed by atoms with Gasteiger partial charge in [0.1, 0.15) is 10.9 Å². The van der Waals surface area contributed by atoms with E-state index in [1.165, 1.54) is 23.9 Å². The fourth-order valence-electron chi connectivity index (χ4n) is 2.12. The fourth-order valence-corrected chi connectivity index (χ4v) is 2.26. The van der Waals surface area contributed by atoms with Crippen LogP contribution in [0.15, 0.2) is 36.5 Å². The zero-order valence-corrected chi connectivity index (χ0v) is 12.0. The van der Waals surface area contributed by atoms with Crippen LogP contribution in [0.5, 0.6) is 5.75 Å². The third-order valence-corrected chi connectivity index (χ3v) is 3.33. The van der Waals surface area contributed by atoms with E-state index in [0.717, 1.165) is 12.1 Å². The van der Waals surface area contributed by atoms with Gasteiger partial charge in [0.15, 0.2) is 5.65 Å². The normalized spacial score (nSPS) is 11.9. The molecule has 1 aromatic carbocycles. The molecule has 0 bridgehead atoms. The number of methoxy groups -OCH3 is 1. The first-order valence-corrected chi connectivity index (χ1v) is 6.54. The third-order valence-electron chi connectivity index (χ3n) is 3.13. The summed E-state index contributed by atoms with van der Waals surface area (Å²) in [6.07, 6.45) is -3.02. The highest BCUT2D eigenvalue weighted by Gasteiger charge is 2.31. The summed E-state index contributed by atoms with van der Waals surface area (Å²) in [5.41, 5.74) is 0.291. The standard InChI is InChI=1S/C14H9ClF3N3O/c1-22-11-3-2-8(14(16,17)18)6-9(11)10-7-19-13-5-4-12(15)20-21(10)13/h2-7H,1H3. The Hall–Kier alpha value is -2.28. The second-order valence-corrected chi connectivity index (χ2v) is 4.87. The molecule has 2 heterocycles. The van der Waals surface area contributed by atoms with Gasteiger partial charge in [-0.3, -0.25) is 0 Å². The lowest BCUT2D eigenvalue weighted by Gasteiger charge is -2.12. The van der Waals surface area contributed by atoms with Crippen molar-refractivity contribution in [2.45, 2.75) is 6.18 Å². The molecule has 3 rings (SSSR count). The number of alkyl halides is 3. The van der Waals surface area contributed by atoms with E-state index in [9.17, 15) is 13.2 Å². The summed E-state index contributed by atoms with van der Waals surface area (Å²) in [6.45, 7) is 0. The Morgan fingerprint density at radius 2 is 1.95 bits per heavy atom. The van der Waals surface area contributed by atoms with Crippen molar-refractivity contribution in [3.05, 3.63) is 47.2 Å². The van der Waals surface area contributed by atoms with Gasteiger partial charge in [-0.15, -0.1) is 0 Å². The van der Waals surface area contributed by atoms with Crippen LogP contribution in [0.2, 0.25) is 5.15 Å². The molecule has 22 heavy (non-hydrogen) atoms. The van der Waals surface area contributed by atoms with Crippen molar-refractivity contribution in [3.8, 4) is 17.0 Å². The van der Waals surface area contributed by atoms with Crippen molar-refractivity contribution in [1.82, 2.24) is 14.6 Å². The van der Waals surface area contributed by atoms with E-state index in [4.69, 9.17) is 16.3 Å². The van der Waals surface area contributed by atoms with Gasteiger partial charge in [0.25, 0.3) is 0 Å². The maximum absolute atomic E-state index is 12.9. The predicted octanol–water partition coefficient (Wildman–Crippen LogP) is 4.08. The van der Waals surface area contributed by atoms with Crippen LogP contribution in [0.4, 0.5) is 13.2 Å². The molecule has 114 valence electrons. The number of nitrogens with zero attached hydrogens (tertiary/aromatic N) is 3. The highest BCUT2D eigenvalue weighted by molar-refractivity contribution is 6.29. The largest absolute Gasteiger partial charge is 0.496 e. The smallest absolute Gasteiger partial charge is 0.416 e. The Morgan fingerprint density at radius 3 is 2.64 bits per heavy atom. The molecule has 3 aromatic rings. The number of hydrogen-bond acceptors (Lipinski definition) is 3. The fraction of sp³-hybridized carbons (Fsp3) is 0.143. The zero-order valence-electron chi connectivity index (χ0n) is 11.2. The zero-order chi connectivity index (χ0) is 15.9.